The molecule has 0 spiro atoms. The van der Waals surface area contributed by atoms with Gasteiger partial charge in [-0.2, -0.15) is 0 Å². The summed E-state index contributed by atoms with van der Waals surface area (Å²) >= 11 is 0. The van der Waals surface area contributed by atoms with Crippen LogP contribution in [0.15, 0.2) is 0 Å². The normalized spacial score (nSPS) is 29.8. The van der Waals surface area contributed by atoms with Gasteiger partial charge in [0, 0.05) is 6.54 Å². The standard InChI is InChI=1S/C9H17NO2/c1-3-12-9(11)8-6-10-5-4-7(8)2/h7-8,10H,3-6H2,1-2H3/t7-,8+/m1/s1. The summed E-state index contributed by atoms with van der Waals surface area (Å²) < 4.78 is 4.97. The summed E-state index contributed by atoms with van der Waals surface area (Å²) in [5, 5.41) is 3.20. The van der Waals surface area contributed by atoms with Crippen LogP contribution < -0.4 is 5.32 Å². The fourth-order valence-corrected chi connectivity index (χ4v) is 1.55. The molecule has 3 nitrogen and oxygen atoms in total. The van der Waals surface area contributed by atoms with E-state index in [4.69, 9.17) is 4.74 Å². The van der Waals surface area contributed by atoms with Gasteiger partial charge in [-0.25, -0.2) is 0 Å². The van der Waals surface area contributed by atoms with E-state index in [0.717, 1.165) is 19.5 Å². The van der Waals surface area contributed by atoms with Gasteiger partial charge in [0.2, 0.25) is 0 Å². The van der Waals surface area contributed by atoms with Crippen LogP contribution in [0, 0.1) is 11.8 Å². The molecule has 12 heavy (non-hydrogen) atoms. The summed E-state index contributed by atoms with van der Waals surface area (Å²) in [5.74, 6) is 0.487. The Kier molecular flexibility index (Phi) is 3.53. The smallest absolute Gasteiger partial charge is 0.310 e. The topological polar surface area (TPSA) is 38.3 Å². The van der Waals surface area contributed by atoms with E-state index in [1.807, 2.05) is 6.92 Å². The minimum atomic E-state index is -0.0443. The number of hydrogen-bond acceptors (Lipinski definition) is 3. The van der Waals surface area contributed by atoms with Crippen LogP contribution in [-0.4, -0.2) is 25.7 Å². The van der Waals surface area contributed by atoms with Crippen molar-refractivity contribution in [1.82, 2.24) is 5.32 Å². The summed E-state index contributed by atoms with van der Waals surface area (Å²) in [6.45, 7) is 6.25. The maximum atomic E-state index is 11.3. The molecule has 0 aromatic carbocycles. The van der Waals surface area contributed by atoms with Gasteiger partial charge in [0.1, 0.15) is 0 Å². The molecule has 1 heterocycles. The Morgan fingerprint density at radius 3 is 3.00 bits per heavy atom. The molecule has 1 aliphatic heterocycles. The highest BCUT2D eigenvalue weighted by atomic mass is 16.5. The Hall–Kier alpha value is -0.570. The third-order valence-electron chi connectivity index (χ3n) is 2.42. The third-order valence-corrected chi connectivity index (χ3v) is 2.42. The summed E-state index contributed by atoms with van der Waals surface area (Å²) in [4.78, 5) is 11.3. The first kappa shape index (κ1) is 9.52. The molecule has 1 rings (SSSR count). The minimum Gasteiger partial charge on any atom is -0.466 e. The highest BCUT2D eigenvalue weighted by Gasteiger charge is 2.28. The number of carbonyl (C=O) groups is 1. The Bertz CT molecular complexity index is 159. The second-order valence-corrected chi connectivity index (χ2v) is 3.33. The van der Waals surface area contributed by atoms with Crippen molar-refractivity contribution in [3.05, 3.63) is 0 Å². The van der Waals surface area contributed by atoms with Crippen molar-refractivity contribution >= 4 is 5.97 Å². The van der Waals surface area contributed by atoms with Crippen molar-refractivity contribution in [1.29, 1.82) is 0 Å². The number of rotatable bonds is 2. The van der Waals surface area contributed by atoms with Crippen molar-refractivity contribution in [2.45, 2.75) is 20.3 Å². The minimum absolute atomic E-state index is 0.0443. The number of nitrogens with one attached hydrogen (secondary N) is 1. The van der Waals surface area contributed by atoms with E-state index in [1.165, 1.54) is 0 Å². The van der Waals surface area contributed by atoms with Crippen LogP contribution in [0.2, 0.25) is 0 Å². The predicted molar refractivity (Wildman–Crippen MR) is 46.8 cm³/mol. The van der Waals surface area contributed by atoms with Crippen molar-refractivity contribution in [3.63, 3.8) is 0 Å². The van der Waals surface area contributed by atoms with Gasteiger partial charge in [0.05, 0.1) is 12.5 Å². The van der Waals surface area contributed by atoms with Crippen molar-refractivity contribution in [2.24, 2.45) is 11.8 Å². The van der Waals surface area contributed by atoms with E-state index in [0.29, 0.717) is 12.5 Å². The second-order valence-electron chi connectivity index (χ2n) is 3.33. The van der Waals surface area contributed by atoms with E-state index in [1.54, 1.807) is 0 Å². The molecule has 1 aliphatic rings. The molecular formula is C9H17NO2. The Labute approximate surface area is 73.5 Å². The van der Waals surface area contributed by atoms with E-state index >= 15 is 0 Å². The lowest BCUT2D eigenvalue weighted by molar-refractivity contribution is -0.150. The van der Waals surface area contributed by atoms with Gasteiger partial charge >= 0.3 is 5.97 Å². The number of esters is 1. The van der Waals surface area contributed by atoms with Crippen LogP contribution >= 0.6 is 0 Å². The second kappa shape index (κ2) is 4.45. The van der Waals surface area contributed by atoms with Gasteiger partial charge in [-0.1, -0.05) is 6.92 Å². The fraction of sp³-hybridized carbons (Fsp3) is 0.889. The first-order valence-corrected chi connectivity index (χ1v) is 4.63. The zero-order valence-corrected chi connectivity index (χ0v) is 7.80. The molecule has 1 N–H and O–H groups in total. The van der Waals surface area contributed by atoms with Crippen LogP contribution in [0.4, 0.5) is 0 Å². The molecule has 0 saturated carbocycles. The number of hydrogen-bond donors (Lipinski definition) is 1. The summed E-state index contributed by atoms with van der Waals surface area (Å²) in [5.41, 5.74) is 0. The molecule has 0 radical (unpaired) electrons. The zero-order valence-electron chi connectivity index (χ0n) is 7.80. The lowest BCUT2D eigenvalue weighted by Crippen LogP contribution is -2.40. The molecule has 2 atom stereocenters. The van der Waals surface area contributed by atoms with E-state index in [-0.39, 0.29) is 11.9 Å². The van der Waals surface area contributed by atoms with Crippen LogP contribution in [0.3, 0.4) is 0 Å². The molecule has 1 fully saturated rings. The predicted octanol–water partition coefficient (Wildman–Crippen LogP) is 0.795. The quantitative estimate of drug-likeness (QED) is 0.624. The Balaban J connectivity index is 2.42. The van der Waals surface area contributed by atoms with Crippen LogP contribution in [0.25, 0.3) is 0 Å². The van der Waals surface area contributed by atoms with Crippen molar-refractivity contribution < 1.29 is 9.53 Å². The van der Waals surface area contributed by atoms with Crippen LogP contribution in [0.1, 0.15) is 20.3 Å². The molecule has 0 bridgehead atoms. The van der Waals surface area contributed by atoms with Gasteiger partial charge < -0.3 is 10.1 Å². The summed E-state index contributed by atoms with van der Waals surface area (Å²) in [7, 11) is 0. The summed E-state index contributed by atoms with van der Waals surface area (Å²) in [6, 6.07) is 0. The van der Waals surface area contributed by atoms with Crippen LogP contribution in [-0.2, 0) is 9.53 Å². The molecule has 0 amide bonds. The maximum Gasteiger partial charge on any atom is 0.310 e. The molecule has 0 aliphatic carbocycles. The SMILES string of the molecule is CCOC(=O)[C@H]1CNCC[C@H]1C. The monoisotopic (exact) mass is 171 g/mol. The molecule has 0 unspecified atom stereocenters. The van der Waals surface area contributed by atoms with E-state index in [2.05, 4.69) is 12.2 Å². The Morgan fingerprint density at radius 1 is 1.67 bits per heavy atom. The number of ether oxygens (including phenoxy) is 1. The first-order valence-electron chi connectivity index (χ1n) is 4.63. The molecule has 3 heteroatoms. The van der Waals surface area contributed by atoms with E-state index in [9.17, 15) is 4.79 Å². The van der Waals surface area contributed by atoms with Crippen molar-refractivity contribution in [2.75, 3.05) is 19.7 Å². The largest absolute Gasteiger partial charge is 0.466 e. The summed E-state index contributed by atoms with van der Waals surface area (Å²) in [6.07, 6.45) is 1.07. The van der Waals surface area contributed by atoms with Gasteiger partial charge in [-0.3, -0.25) is 4.79 Å². The fourth-order valence-electron chi connectivity index (χ4n) is 1.55. The highest BCUT2D eigenvalue weighted by Crippen LogP contribution is 2.19. The number of piperidine rings is 1. The molecule has 70 valence electrons. The highest BCUT2D eigenvalue weighted by molar-refractivity contribution is 5.73. The molecule has 0 aromatic rings. The maximum absolute atomic E-state index is 11.3. The Morgan fingerprint density at radius 2 is 2.42 bits per heavy atom. The third kappa shape index (κ3) is 2.21. The number of carbonyl (C=O) groups excluding carboxylic acids is 1. The average Bonchev–Trinajstić information content (AvgIpc) is 2.05. The van der Waals surface area contributed by atoms with Gasteiger partial charge in [-0.15, -0.1) is 0 Å². The zero-order chi connectivity index (χ0) is 8.97. The first-order chi connectivity index (χ1) is 5.75. The molecular weight excluding hydrogens is 154 g/mol. The molecule has 0 aromatic heterocycles. The van der Waals surface area contributed by atoms with E-state index < -0.39 is 0 Å². The van der Waals surface area contributed by atoms with Gasteiger partial charge in [-0.05, 0) is 25.8 Å². The van der Waals surface area contributed by atoms with Gasteiger partial charge in [0.15, 0.2) is 0 Å². The van der Waals surface area contributed by atoms with Crippen LogP contribution in [0.5, 0.6) is 0 Å². The van der Waals surface area contributed by atoms with Crippen molar-refractivity contribution in [3.8, 4) is 0 Å². The lowest BCUT2D eigenvalue weighted by atomic mass is 9.88. The average molecular weight is 171 g/mol. The van der Waals surface area contributed by atoms with Gasteiger partial charge in [0.25, 0.3) is 0 Å². The lowest BCUT2D eigenvalue weighted by Gasteiger charge is -2.27. The molecule has 1 saturated heterocycles.